The van der Waals surface area contributed by atoms with Gasteiger partial charge < -0.3 is 0 Å². The van der Waals surface area contributed by atoms with Gasteiger partial charge in [0.25, 0.3) is 0 Å². The fourth-order valence-corrected chi connectivity index (χ4v) is 3.95. The topological polar surface area (TPSA) is 0 Å². The molecule has 0 aromatic heterocycles. The Hall–Kier alpha value is -0.937. The third-order valence-corrected chi connectivity index (χ3v) is 5.12. The maximum atomic E-state index is 3.38. The molecule has 4 rings (SSSR count). The molecule has 4 aliphatic rings. The summed E-state index contributed by atoms with van der Waals surface area (Å²) in [5.74, 6) is 1.80. The summed E-state index contributed by atoms with van der Waals surface area (Å²) in [6.07, 6.45) is 32.0. The van der Waals surface area contributed by atoms with Crippen LogP contribution in [0.25, 0.3) is 0 Å². The third kappa shape index (κ3) is 10.8. The first-order valence-electron chi connectivity index (χ1n) is 10.1. The van der Waals surface area contributed by atoms with Crippen molar-refractivity contribution in [1.82, 2.24) is 0 Å². The molecule has 1 heteroatoms. The smallest absolute Gasteiger partial charge is 0.251 e. The predicted octanol–water partition coefficient (Wildman–Crippen LogP) is 7.74. The number of rotatable bonds is 0. The van der Waals surface area contributed by atoms with Gasteiger partial charge in [-0.1, -0.05) is 25.7 Å². The monoisotopic (exact) mass is 438 g/mol. The van der Waals surface area contributed by atoms with Crippen molar-refractivity contribution in [3.05, 3.63) is 86.8 Å². The summed E-state index contributed by atoms with van der Waals surface area (Å²) in [7, 11) is 0. The molecule has 0 nitrogen and oxygen atoms in total. The van der Waals surface area contributed by atoms with Gasteiger partial charge in [-0.05, 0) is 37.5 Å². The summed E-state index contributed by atoms with van der Waals surface area (Å²) in [5, 5.41) is 0. The molecule has 27 heavy (non-hydrogen) atoms. The molecule has 0 heterocycles. The van der Waals surface area contributed by atoms with Crippen LogP contribution < -0.4 is 0 Å². The Morgan fingerprint density at radius 1 is 0.778 bits per heavy atom. The predicted molar refractivity (Wildman–Crippen MR) is 116 cm³/mol. The van der Waals surface area contributed by atoms with Gasteiger partial charge in [-0.25, -0.2) is 63.5 Å². The van der Waals surface area contributed by atoms with Crippen molar-refractivity contribution in [2.75, 3.05) is 0 Å². The molecule has 0 spiro atoms. The fraction of sp³-hybridized carbons (Fsp3) is 0.462. The zero-order chi connectivity index (χ0) is 19.0. The van der Waals surface area contributed by atoms with E-state index in [9.17, 15) is 0 Å². The average molecular weight is 440 g/mol. The molecular weight excluding hydrogens is 404 g/mol. The van der Waals surface area contributed by atoms with Gasteiger partial charge >= 0.3 is 26.2 Å². The van der Waals surface area contributed by atoms with E-state index in [2.05, 4.69) is 63.5 Å². The molecule has 2 fully saturated rings. The fourth-order valence-electron chi connectivity index (χ4n) is 3.95. The van der Waals surface area contributed by atoms with Crippen LogP contribution in [0.5, 0.6) is 0 Å². The van der Waals surface area contributed by atoms with Crippen molar-refractivity contribution in [2.45, 2.75) is 64.2 Å². The molecule has 2 atom stereocenters. The molecule has 0 aromatic rings. The minimum atomic E-state index is 0. The largest absolute Gasteiger partial charge is 4.00 e. The molecule has 144 valence electrons. The van der Waals surface area contributed by atoms with Crippen molar-refractivity contribution in [3.8, 4) is 0 Å². The van der Waals surface area contributed by atoms with Crippen molar-refractivity contribution < 1.29 is 26.2 Å². The Bertz CT molecular complexity index is 470. The van der Waals surface area contributed by atoms with Crippen LogP contribution in [0.4, 0.5) is 0 Å². The van der Waals surface area contributed by atoms with Gasteiger partial charge in [0, 0.05) is 0 Å². The van der Waals surface area contributed by atoms with Crippen molar-refractivity contribution in [2.24, 2.45) is 11.8 Å². The maximum absolute atomic E-state index is 3.38. The molecular formula is C26H36Zr. The van der Waals surface area contributed by atoms with Crippen molar-refractivity contribution >= 4 is 0 Å². The van der Waals surface area contributed by atoms with Gasteiger partial charge in [-0.3, -0.25) is 12.2 Å². The van der Waals surface area contributed by atoms with Crippen LogP contribution in [0.1, 0.15) is 64.2 Å². The Labute approximate surface area is 188 Å². The Kier molecular flexibility index (Phi) is 16.6. The number of fused-ring (bicyclic) bond motifs is 2. The third-order valence-electron chi connectivity index (χ3n) is 5.12. The first kappa shape index (κ1) is 26.1. The normalized spacial score (nSPS) is 24.0. The van der Waals surface area contributed by atoms with Gasteiger partial charge in [0.15, 0.2) is 0 Å². The van der Waals surface area contributed by atoms with Gasteiger partial charge in [-0.15, -0.1) is 12.8 Å². The van der Waals surface area contributed by atoms with Crippen LogP contribution in [0.15, 0.2) is 60.8 Å². The van der Waals surface area contributed by atoms with Gasteiger partial charge in [-0.2, -0.15) is 11.1 Å². The number of hydrogen-bond acceptors (Lipinski definition) is 0. The van der Waals surface area contributed by atoms with Crippen LogP contribution in [-0.2, 0) is 26.2 Å². The molecule has 0 radical (unpaired) electrons. The van der Waals surface area contributed by atoms with Crippen LogP contribution in [0.3, 0.4) is 0 Å². The molecule has 2 saturated carbocycles. The molecule has 0 N–H and O–H groups in total. The van der Waals surface area contributed by atoms with Crippen LogP contribution in [0.2, 0.25) is 0 Å². The van der Waals surface area contributed by atoms with Crippen LogP contribution in [0, 0.1) is 37.8 Å². The van der Waals surface area contributed by atoms with Gasteiger partial charge in [0.1, 0.15) is 0 Å². The average Bonchev–Trinajstić information content (AvgIpc) is 3.14. The Morgan fingerprint density at radius 2 is 1.15 bits per heavy atom. The number of hydrogen-bond donors (Lipinski definition) is 0. The summed E-state index contributed by atoms with van der Waals surface area (Å²) >= 11 is 0. The summed E-state index contributed by atoms with van der Waals surface area (Å²) in [4.78, 5) is 0. The Morgan fingerprint density at radius 3 is 1.52 bits per heavy atom. The second-order valence-corrected chi connectivity index (χ2v) is 7.05. The van der Waals surface area contributed by atoms with E-state index in [1.165, 1.54) is 76.4 Å². The van der Waals surface area contributed by atoms with E-state index in [1.807, 2.05) is 0 Å². The minimum Gasteiger partial charge on any atom is -0.251 e. The zero-order valence-electron chi connectivity index (χ0n) is 17.0. The second-order valence-electron chi connectivity index (χ2n) is 7.05. The molecule has 0 bridgehead atoms. The molecule has 0 aromatic carbocycles. The minimum absolute atomic E-state index is 0. The Balaban J connectivity index is 0.000000380. The summed E-state index contributed by atoms with van der Waals surface area (Å²) in [6, 6.07) is 0. The van der Waals surface area contributed by atoms with Crippen molar-refractivity contribution in [3.63, 3.8) is 0 Å². The standard InChI is InChI=1S/2C10H13.2C3H5.Zr/c2*1-2-5-9-7-4-8-10(9)6-3-1;2*1-3-2;/h2*1-2,10H,3-4,6-8H2;2*3H,1-2H2;/q4*-1;+4. The second kappa shape index (κ2) is 17.2. The molecule has 2 unspecified atom stereocenters. The molecule has 4 aliphatic carbocycles. The van der Waals surface area contributed by atoms with E-state index in [0.29, 0.717) is 0 Å². The maximum Gasteiger partial charge on any atom is 4.00 e. The van der Waals surface area contributed by atoms with E-state index in [1.54, 1.807) is 11.1 Å². The quantitative estimate of drug-likeness (QED) is 0.338. The SMILES string of the molecule is C=C[CH2-].C=C[CH2-].[C-]1=C2CCCC2CCC=C1.[C-]1=C2CCCC2CCC=C1.[Zr+4]. The van der Waals surface area contributed by atoms with E-state index < -0.39 is 0 Å². The van der Waals surface area contributed by atoms with Gasteiger partial charge in [0.05, 0.1) is 0 Å². The van der Waals surface area contributed by atoms with E-state index in [0.717, 1.165) is 11.8 Å². The zero-order valence-corrected chi connectivity index (χ0v) is 19.5. The first-order valence-corrected chi connectivity index (χ1v) is 10.1. The van der Waals surface area contributed by atoms with Crippen LogP contribution >= 0.6 is 0 Å². The number of allylic oxidation sites excluding steroid dienone is 10. The summed E-state index contributed by atoms with van der Waals surface area (Å²) in [6.45, 7) is 13.0. The van der Waals surface area contributed by atoms with Gasteiger partial charge in [0.2, 0.25) is 0 Å². The molecule has 0 saturated heterocycles. The van der Waals surface area contributed by atoms with Crippen LogP contribution in [-0.4, -0.2) is 0 Å². The molecule has 0 amide bonds. The summed E-state index contributed by atoms with van der Waals surface area (Å²) in [5.41, 5.74) is 3.18. The van der Waals surface area contributed by atoms with E-state index in [-0.39, 0.29) is 26.2 Å². The van der Waals surface area contributed by atoms with Crippen molar-refractivity contribution in [1.29, 1.82) is 0 Å². The first-order chi connectivity index (χ1) is 12.8. The van der Waals surface area contributed by atoms with E-state index in [4.69, 9.17) is 0 Å². The van der Waals surface area contributed by atoms with E-state index >= 15 is 0 Å². The summed E-state index contributed by atoms with van der Waals surface area (Å²) < 4.78 is 0. The molecule has 0 aliphatic heterocycles.